The van der Waals surface area contributed by atoms with Gasteiger partial charge in [0.15, 0.2) is 12.2 Å². The molecule has 98 heavy (non-hydrogen) atoms. The first-order valence-corrected chi connectivity index (χ1v) is 44.0. The Kier molecular flexibility index (Phi) is 69.3. The number of aliphatic hydroxyl groups excluding tert-OH is 1. The van der Waals surface area contributed by atoms with Crippen molar-refractivity contribution in [2.45, 2.75) is 432 Å². The highest BCUT2D eigenvalue weighted by Crippen LogP contribution is 2.45. The molecule has 0 rings (SSSR count). The highest BCUT2D eigenvalue weighted by Gasteiger charge is 2.30. The summed E-state index contributed by atoms with van der Waals surface area (Å²) >= 11 is 0. The zero-order chi connectivity index (χ0) is 72.1. The largest absolute Gasteiger partial charge is 0.472 e. The van der Waals surface area contributed by atoms with Crippen LogP contribution in [0.2, 0.25) is 0 Å². The van der Waals surface area contributed by atoms with E-state index in [1.165, 1.54) is 218 Å². The molecule has 0 saturated heterocycles. The van der Waals surface area contributed by atoms with Crippen molar-refractivity contribution < 1.29 is 80.2 Å². The molecule has 0 heterocycles. The maximum atomic E-state index is 13.1. The number of carbonyl (C=O) groups excluding carboxylic acids is 4. The zero-order valence-electron chi connectivity index (χ0n) is 64.1. The Morgan fingerprint density at radius 3 is 0.776 bits per heavy atom. The van der Waals surface area contributed by atoms with Gasteiger partial charge in [-0.3, -0.25) is 37.3 Å². The molecular formula is C79H154O17P2. The topological polar surface area (TPSA) is 237 Å². The molecule has 19 heteroatoms. The Balaban J connectivity index is 5.19. The van der Waals surface area contributed by atoms with E-state index >= 15 is 0 Å². The summed E-state index contributed by atoms with van der Waals surface area (Å²) in [6.45, 7) is 9.64. The first kappa shape index (κ1) is 96.1. The van der Waals surface area contributed by atoms with Crippen LogP contribution in [0, 0.1) is 11.8 Å². The number of rotatable bonds is 78. The molecule has 0 aliphatic rings. The van der Waals surface area contributed by atoms with Crippen LogP contribution in [0.25, 0.3) is 0 Å². The summed E-state index contributed by atoms with van der Waals surface area (Å²) in [5.74, 6) is -0.492. The van der Waals surface area contributed by atoms with E-state index in [9.17, 15) is 43.2 Å². The number of phosphoric acid groups is 2. The van der Waals surface area contributed by atoms with E-state index < -0.39 is 97.5 Å². The number of aliphatic hydroxyl groups is 1. The van der Waals surface area contributed by atoms with Gasteiger partial charge in [-0.15, -0.1) is 0 Å². The van der Waals surface area contributed by atoms with Gasteiger partial charge in [-0.1, -0.05) is 363 Å². The average molecular weight is 1440 g/mol. The second-order valence-corrected chi connectivity index (χ2v) is 32.1. The zero-order valence-corrected chi connectivity index (χ0v) is 65.9. The van der Waals surface area contributed by atoms with Crippen molar-refractivity contribution in [2.75, 3.05) is 39.6 Å². The Bertz CT molecular complexity index is 1890. The van der Waals surface area contributed by atoms with E-state index in [4.69, 9.17) is 37.0 Å². The highest BCUT2D eigenvalue weighted by atomic mass is 31.2. The molecule has 0 aromatic rings. The molecule has 0 spiro atoms. The number of hydrogen-bond donors (Lipinski definition) is 3. The average Bonchev–Trinajstić information content (AvgIpc) is 1.11. The summed E-state index contributed by atoms with van der Waals surface area (Å²) in [5, 5.41) is 10.6. The van der Waals surface area contributed by atoms with Crippen molar-refractivity contribution >= 4 is 39.5 Å². The lowest BCUT2D eigenvalue weighted by atomic mass is 9.99. The van der Waals surface area contributed by atoms with Gasteiger partial charge in [0.25, 0.3) is 0 Å². The van der Waals surface area contributed by atoms with Gasteiger partial charge in [0.1, 0.15) is 19.3 Å². The third kappa shape index (κ3) is 71.1. The molecule has 0 fully saturated rings. The Morgan fingerprint density at radius 2 is 0.520 bits per heavy atom. The molecule has 0 aliphatic heterocycles. The van der Waals surface area contributed by atoms with E-state index in [0.717, 1.165) is 115 Å². The quantitative estimate of drug-likeness (QED) is 0.0222. The van der Waals surface area contributed by atoms with Gasteiger partial charge in [0.05, 0.1) is 26.4 Å². The van der Waals surface area contributed by atoms with Crippen molar-refractivity contribution in [1.82, 2.24) is 0 Å². The fourth-order valence-electron chi connectivity index (χ4n) is 12.2. The van der Waals surface area contributed by atoms with Gasteiger partial charge in [-0.05, 0) is 37.5 Å². The van der Waals surface area contributed by atoms with Gasteiger partial charge in [0, 0.05) is 25.7 Å². The van der Waals surface area contributed by atoms with Crippen LogP contribution in [-0.2, 0) is 65.4 Å². The summed E-state index contributed by atoms with van der Waals surface area (Å²) in [6, 6.07) is 0. The predicted molar refractivity (Wildman–Crippen MR) is 400 cm³/mol. The maximum Gasteiger partial charge on any atom is 0.472 e. The minimum atomic E-state index is -4.96. The number of phosphoric ester groups is 2. The molecule has 17 nitrogen and oxygen atoms in total. The van der Waals surface area contributed by atoms with Crippen molar-refractivity contribution in [3.05, 3.63) is 0 Å². The Hall–Kier alpha value is -1.94. The fraction of sp³-hybridized carbons (Fsp3) is 0.949. The molecule has 0 aromatic carbocycles. The molecule has 0 aliphatic carbocycles. The molecule has 0 amide bonds. The third-order valence-corrected chi connectivity index (χ3v) is 20.7. The summed E-state index contributed by atoms with van der Waals surface area (Å²) in [5.41, 5.74) is 0. The minimum absolute atomic E-state index is 0.107. The third-order valence-electron chi connectivity index (χ3n) is 18.8. The van der Waals surface area contributed by atoms with Crippen molar-refractivity contribution in [2.24, 2.45) is 11.8 Å². The van der Waals surface area contributed by atoms with E-state index in [1.807, 2.05) is 0 Å². The number of unbranched alkanes of at least 4 members (excludes halogenated alkanes) is 47. The van der Waals surface area contributed by atoms with Crippen molar-refractivity contribution in [1.29, 1.82) is 0 Å². The van der Waals surface area contributed by atoms with Gasteiger partial charge < -0.3 is 33.8 Å². The van der Waals surface area contributed by atoms with Gasteiger partial charge in [0.2, 0.25) is 0 Å². The molecule has 0 saturated carbocycles. The molecule has 582 valence electrons. The molecule has 0 bridgehead atoms. The van der Waals surface area contributed by atoms with E-state index in [2.05, 4.69) is 41.5 Å². The monoisotopic (exact) mass is 1440 g/mol. The second-order valence-electron chi connectivity index (χ2n) is 29.2. The van der Waals surface area contributed by atoms with Crippen molar-refractivity contribution in [3.63, 3.8) is 0 Å². The summed E-state index contributed by atoms with van der Waals surface area (Å²) in [7, 11) is -9.91. The van der Waals surface area contributed by atoms with Crippen molar-refractivity contribution in [3.8, 4) is 0 Å². The van der Waals surface area contributed by atoms with E-state index in [-0.39, 0.29) is 25.7 Å². The van der Waals surface area contributed by atoms with E-state index in [0.29, 0.717) is 25.7 Å². The Morgan fingerprint density at radius 1 is 0.296 bits per heavy atom. The number of carbonyl (C=O) groups is 4. The van der Waals surface area contributed by atoms with E-state index in [1.54, 1.807) is 0 Å². The van der Waals surface area contributed by atoms with Crippen LogP contribution in [0.15, 0.2) is 0 Å². The first-order chi connectivity index (χ1) is 47.4. The lowest BCUT2D eigenvalue weighted by Crippen LogP contribution is -2.30. The van der Waals surface area contributed by atoms with Gasteiger partial charge in [-0.2, -0.15) is 0 Å². The van der Waals surface area contributed by atoms with Crippen LogP contribution in [0.3, 0.4) is 0 Å². The fourth-order valence-corrected chi connectivity index (χ4v) is 13.7. The second kappa shape index (κ2) is 70.7. The Labute approximate surface area is 600 Å². The minimum Gasteiger partial charge on any atom is -0.462 e. The molecule has 0 radical (unpaired) electrons. The number of esters is 4. The SMILES string of the molecule is CCCCCCCCCCCCCCCCCCCCC(=O)OC[C@H](COP(=O)(O)OC[C@@H](O)COP(=O)(O)OC[C@@H](COC(=O)CCCCCCCCC)OC(=O)CCCCCCCCCCCCCCC(C)C)OC(=O)CCCCCCCCCCCCCCCCC(C)CC. The smallest absolute Gasteiger partial charge is 0.462 e. The standard InChI is InChI=1S/C79H154O17P2/c1-7-10-12-14-16-17-18-19-20-21-22-23-27-33-38-44-50-56-62-77(82)90-68-75(96-79(84)63-57-51-45-39-34-28-25-24-26-32-37-43-48-54-60-72(6)9-3)70-94-98(87,88)92-66-73(80)65-91-97(85,86)93-69-74(67-89-76(81)61-55-49-41-15-13-11-8-2)95-78(83)64-58-52-46-40-35-30-29-31-36-42-47-53-59-71(4)5/h71-75,80H,7-70H2,1-6H3,(H,85,86)(H,87,88)/t72?,73-,74+,75+/m0/s1. The number of ether oxygens (including phenoxy) is 4. The molecule has 6 atom stereocenters. The normalized spacial score (nSPS) is 14.2. The van der Waals surface area contributed by atoms with Gasteiger partial charge in [-0.25, -0.2) is 9.13 Å². The molecule has 0 aromatic heterocycles. The maximum absolute atomic E-state index is 13.1. The van der Waals surface area contributed by atoms with Crippen LogP contribution >= 0.6 is 15.6 Å². The van der Waals surface area contributed by atoms with Crippen LogP contribution in [-0.4, -0.2) is 96.7 Å². The number of hydrogen-bond acceptors (Lipinski definition) is 15. The summed E-state index contributed by atoms with van der Waals surface area (Å²) in [4.78, 5) is 72.8. The summed E-state index contributed by atoms with van der Waals surface area (Å²) in [6.07, 6.45) is 59.7. The first-order valence-electron chi connectivity index (χ1n) is 41.0. The van der Waals surface area contributed by atoms with Crippen LogP contribution in [0.1, 0.15) is 414 Å². The van der Waals surface area contributed by atoms with Gasteiger partial charge >= 0.3 is 39.5 Å². The van der Waals surface area contributed by atoms with Crippen LogP contribution in [0.4, 0.5) is 0 Å². The lowest BCUT2D eigenvalue weighted by molar-refractivity contribution is -0.161. The lowest BCUT2D eigenvalue weighted by Gasteiger charge is -2.21. The molecular weight excluding hydrogens is 1280 g/mol. The van der Waals surface area contributed by atoms with Crippen LogP contribution in [0.5, 0.6) is 0 Å². The highest BCUT2D eigenvalue weighted by molar-refractivity contribution is 7.47. The summed E-state index contributed by atoms with van der Waals surface area (Å²) < 4.78 is 68.5. The molecule has 3 unspecified atom stereocenters. The predicted octanol–water partition coefficient (Wildman–Crippen LogP) is 23.5. The molecule has 3 N–H and O–H groups in total. The van der Waals surface area contributed by atoms with Crippen LogP contribution < -0.4 is 0 Å².